The molecular weight excluding hydrogens is 294 g/mol. The van der Waals surface area contributed by atoms with Gasteiger partial charge in [-0.2, -0.15) is 0 Å². The molecule has 0 aliphatic heterocycles. The minimum Gasteiger partial charge on any atom is -0.364 e. The summed E-state index contributed by atoms with van der Waals surface area (Å²) in [5.41, 5.74) is 4.23. The lowest BCUT2D eigenvalue weighted by molar-refractivity contribution is 0.698. The third kappa shape index (κ3) is 2.46. The molecule has 0 saturated carbocycles. The third-order valence-corrected chi connectivity index (χ3v) is 5.36. The number of benzene rings is 1. The van der Waals surface area contributed by atoms with Gasteiger partial charge in [0, 0.05) is 23.5 Å². The van der Waals surface area contributed by atoms with E-state index in [0.717, 1.165) is 53.1 Å². The number of H-pyrrole nitrogens is 2. The molecular formula is C17H17N3OS. The predicted molar refractivity (Wildman–Crippen MR) is 89.3 cm³/mol. The Bertz CT molecular complexity index is 834. The van der Waals surface area contributed by atoms with Crippen molar-refractivity contribution in [2.75, 3.05) is 0 Å². The Morgan fingerprint density at radius 2 is 2.09 bits per heavy atom. The number of nitrogens with one attached hydrogen (secondary N) is 2. The standard InChI is InChI=1S/C17H17N3OS/c21-14-9-10-18-16-11(14)5-1-4-8-15(16)22-17-19-12-6-2-3-7-13(12)20-17/h2-3,6-7,9-10,15H,1,4-5,8H2,(H,18,21)(H,19,20)/t15-/m1/s1. The number of pyridine rings is 1. The van der Waals surface area contributed by atoms with Crippen LogP contribution in [0.2, 0.25) is 0 Å². The van der Waals surface area contributed by atoms with Crippen molar-refractivity contribution in [3.05, 3.63) is 58.0 Å². The second-order valence-corrected chi connectivity index (χ2v) is 6.84. The minimum absolute atomic E-state index is 0.158. The zero-order valence-corrected chi connectivity index (χ0v) is 13.0. The van der Waals surface area contributed by atoms with Crippen LogP contribution in [0, 0.1) is 0 Å². The van der Waals surface area contributed by atoms with Gasteiger partial charge in [-0.3, -0.25) is 4.79 Å². The Kier molecular flexibility index (Phi) is 3.50. The van der Waals surface area contributed by atoms with Crippen LogP contribution in [0.15, 0.2) is 46.5 Å². The average Bonchev–Trinajstić information content (AvgIpc) is 2.82. The Morgan fingerprint density at radius 3 is 3.00 bits per heavy atom. The summed E-state index contributed by atoms with van der Waals surface area (Å²) in [7, 11) is 0. The number of thioether (sulfide) groups is 1. The maximum atomic E-state index is 12.1. The number of rotatable bonds is 2. The molecule has 0 bridgehead atoms. The molecule has 22 heavy (non-hydrogen) atoms. The van der Waals surface area contributed by atoms with Crippen molar-refractivity contribution in [1.82, 2.24) is 15.0 Å². The average molecular weight is 311 g/mol. The molecule has 2 aromatic heterocycles. The van der Waals surface area contributed by atoms with E-state index in [9.17, 15) is 4.79 Å². The van der Waals surface area contributed by atoms with E-state index in [4.69, 9.17) is 0 Å². The second-order valence-electron chi connectivity index (χ2n) is 5.65. The van der Waals surface area contributed by atoms with Crippen molar-refractivity contribution < 1.29 is 0 Å². The van der Waals surface area contributed by atoms with E-state index in [1.54, 1.807) is 24.0 Å². The summed E-state index contributed by atoms with van der Waals surface area (Å²) in [5.74, 6) is 0. The summed E-state index contributed by atoms with van der Waals surface area (Å²) >= 11 is 1.72. The Balaban J connectivity index is 1.70. The quantitative estimate of drug-likeness (QED) is 0.707. The number of nitrogens with zero attached hydrogens (tertiary/aromatic N) is 1. The fourth-order valence-electron chi connectivity index (χ4n) is 3.09. The third-order valence-electron chi connectivity index (χ3n) is 4.18. The molecule has 0 spiro atoms. The van der Waals surface area contributed by atoms with Crippen molar-refractivity contribution in [2.45, 2.75) is 36.1 Å². The van der Waals surface area contributed by atoms with Crippen LogP contribution < -0.4 is 5.43 Å². The van der Waals surface area contributed by atoms with Gasteiger partial charge in [0.2, 0.25) is 0 Å². The van der Waals surface area contributed by atoms with Crippen LogP contribution in [-0.4, -0.2) is 15.0 Å². The molecule has 4 rings (SSSR count). The van der Waals surface area contributed by atoms with E-state index in [1.807, 2.05) is 24.3 Å². The van der Waals surface area contributed by atoms with Crippen LogP contribution >= 0.6 is 11.8 Å². The van der Waals surface area contributed by atoms with Crippen LogP contribution in [0.4, 0.5) is 0 Å². The lowest BCUT2D eigenvalue weighted by Gasteiger charge is -2.15. The van der Waals surface area contributed by atoms with E-state index in [0.29, 0.717) is 0 Å². The molecule has 0 unspecified atom stereocenters. The van der Waals surface area contributed by atoms with Gasteiger partial charge < -0.3 is 9.97 Å². The van der Waals surface area contributed by atoms with E-state index >= 15 is 0 Å². The first kappa shape index (κ1) is 13.6. The fourth-order valence-corrected chi connectivity index (χ4v) is 4.29. The van der Waals surface area contributed by atoms with Crippen molar-refractivity contribution >= 4 is 22.8 Å². The molecule has 0 radical (unpaired) electrons. The number of para-hydroxylation sites is 2. The first-order chi connectivity index (χ1) is 10.8. The van der Waals surface area contributed by atoms with Gasteiger partial charge in [0.05, 0.1) is 16.3 Å². The lowest BCUT2D eigenvalue weighted by Crippen LogP contribution is -2.12. The van der Waals surface area contributed by atoms with Crippen LogP contribution in [0.3, 0.4) is 0 Å². The van der Waals surface area contributed by atoms with Gasteiger partial charge in [0.1, 0.15) is 0 Å². The minimum atomic E-state index is 0.158. The first-order valence-electron chi connectivity index (χ1n) is 7.63. The van der Waals surface area contributed by atoms with Gasteiger partial charge in [-0.1, -0.05) is 30.3 Å². The van der Waals surface area contributed by atoms with Gasteiger partial charge in [-0.15, -0.1) is 0 Å². The summed E-state index contributed by atoms with van der Waals surface area (Å²) in [5, 5.41) is 1.18. The van der Waals surface area contributed by atoms with E-state index < -0.39 is 0 Å². The summed E-state index contributed by atoms with van der Waals surface area (Å²) < 4.78 is 0. The predicted octanol–water partition coefficient (Wildman–Crippen LogP) is 3.81. The smallest absolute Gasteiger partial charge is 0.185 e. The SMILES string of the molecule is O=c1cc[nH]c2c1CCCC[C@H]2Sc1nc2ccccc2[nH]1. The van der Waals surface area contributed by atoms with Crippen LogP contribution in [0.25, 0.3) is 11.0 Å². The van der Waals surface area contributed by atoms with Crippen molar-refractivity contribution in [2.24, 2.45) is 0 Å². The summed E-state index contributed by atoms with van der Waals surface area (Å²) in [6, 6.07) is 9.69. The maximum Gasteiger partial charge on any atom is 0.185 e. The molecule has 1 aliphatic rings. The number of hydrogen-bond donors (Lipinski definition) is 2. The first-order valence-corrected chi connectivity index (χ1v) is 8.51. The van der Waals surface area contributed by atoms with Gasteiger partial charge in [0.25, 0.3) is 0 Å². The highest BCUT2D eigenvalue weighted by Crippen LogP contribution is 2.40. The molecule has 1 aromatic carbocycles. The highest BCUT2D eigenvalue weighted by molar-refractivity contribution is 7.99. The van der Waals surface area contributed by atoms with Gasteiger partial charge in [-0.05, 0) is 31.4 Å². The summed E-state index contributed by atoms with van der Waals surface area (Å²) in [6.07, 6.45) is 5.92. The Labute approximate surface area is 132 Å². The molecule has 2 N–H and O–H groups in total. The normalized spacial score (nSPS) is 18.1. The van der Waals surface area contributed by atoms with Gasteiger partial charge in [-0.25, -0.2) is 4.98 Å². The van der Waals surface area contributed by atoms with E-state index in [2.05, 4.69) is 15.0 Å². The fraction of sp³-hybridized carbons (Fsp3) is 0.294. The Hall–Kier alpha value is -2.01. The van der Waals surface area contributed by atoms with Crippen molar-refractivity contribution in [3.8, 4) is 0 Å². The van der Waals surface area contributed by atoms with Crippen LogP contribution in [0.1, 0.15) is 35.8 Å². The van der Waals surface area contributed by atoms with Gasteiger partial charge >= 0.3 is 0 Å². The topological polar surface area (TPSA) is 61.5 Å². The zero-order chi connectivity index (χ0) is 14.9. The summed E-state index contributed by atoms with van der Waals surface area (Å²) in [6.45, 7) is 0. The molecule has 1 atom stereocenters. The lowest BCUT2D eigenvalue weighted by atomic mass is 10.1. The molecule has 5 heteroatoms. The largest absolute Gasteiger partial charge is 0.364 e. The van der Waals surface area contributed by atoms with Gasteiger partial charge in [0.15, 0.2) is 10.6 Å². The number of imidazole rings is 1. The molecule has 1 aliphatic carbocycles. The molecule has 0 amide bonds. The molecule has 3 aromatic rings. The number of aromatic nitrogens is 3. The number of fused-ring (bicyclic) bond motifs is 2. The number of hydrogen-bond acceptors (Lipinski definition) is 3. The van der Waals surface area contributed by atoms with Crippen LogP contribution in [-0.2, 0) is 6.42 Å². The monoisotopic (exact) mass is 311 g/mol. The number of aromatic amines is 2. The Morgan fingerprint density at radius 1 is 1.18 bits per heavy atom. The summed E-state index contributed by atoms with van der Waals surface area (Å²) in [4.78, 5) is 23.4. The van der Waals surface area contributed by atoms with E-state index in [1.165, 1.54) is 0 Å². The van der Waals surface area contributed by atoms with E-state index in [-0.39, 0.29) is 10.7 Å². The van der Waals surface area contributed by atoms with Crippen molar-refractivity contribution in [3.63, 3.8) is 0 Å². The highest BCUT2D eigenvalue weighted by Gasteiger charge is 2.23. The second kappa shape index (κ2) is 5.65. The van der Waals surface area contributed by atoms with Crippen molar-refractivity contribution in [1.29, 1.82) is 0 Å². The van der Waals surface area contributed by atoms with Crippen LogP contribution in [0.5, 0.6) is 0 Å². The molecule has 112 valence electrons. The molecule has 2 heterocycles. The zero-order valence-electron chi connectivity index (χ0n) is 12.1. The molecule has 4 nitrogen and oxygen atoms in total. The maximum absolute atomic E-state index is 12.1. The highest BCUT2D eigenvalue weighted by atomic mass is 32.2. The molecule has 0 fully saturated rings. The molecule has 0 saturated heterocycles.